The molecule has 0 amide bonds. The van der Waals surface area contributed by atoms with Gasteiger partial charge in [-0.3, -0.25) is 18.7 Å². The SMILES string of the molecule is Cn1c(=O)c2ccccc2n2c(CN3CCN(S(C)(=O)=O)CC3)nnc12. The summed E-state index contributed by atoms with van der Waals surface area (Å²) in [6.45, 7) is 2.74. The zero-order valence-corrected chi connectivity index (χ0v) is 15.5. The predicted molar refractivity (Wildman–Crippen MR) is 97.4 cm³/mol. The minimum atomic E-state index is -3.15. The summed E-state index contributed by atoms with van der Waals surface area (Å²) in [5.41, 5.74) is 0.675. The van der Waals surface area contributed by atoms with E-state index in [1.165, 1.54) is 15.1 Å². The summed E-state index contributed by atoms with van der Waals surface area (Å²) in [7, 11) is -1.46. The Morgan fingerprint density at radius 2 is 1.77 bits per heavy atom. The lowest BCUT2D eigenvalue weighted by Gasteiger charge is -2.32. The number of benzene rings is 1. The highest BCUT2D eigenvalue weighted by molar-refractivity contribution is 7.88. The molecule has 1 aliphatic heterocycles. The lowest BCUT2D eigenvalue weighted by molar-refractivity contribution is 0.178. The van der Waals surface area contributed by atoms with Crippen molar-refractivity contribution in [1.29, 1.82) is 0 Å². The molecule has 1 aliphatic rings. The molecule has 1 fully saturated rings. The van der Waals surface area contributed by atoms with Gasteiger partial charge in [0.15, 0.2) is 5.82 Å². The Morgan fingerprint density at radius 3 is 2.46 bits per heavy atom. The lowest BCUT2D eigenvalue weighted by Crippen LogP contribution is -2.48. The monoisotopic (exact) mass is 376 g/mol. The zero-order valence-electron chi connectivity index (χ0n) is 14.7. The fraction of sp³-hybridized carbons (Fsp3) is 0.438. The van der Waals surface area contributed by atoms with E-state index in [9.17, 15) is 13.2 Å². The lowest BCUT2D eigenvalue weighted by atomic mass is 10.2. The smallest absolute Gasteiger partial charge is 0.262 e. The molecule has 0 N–H and O–H groups in total. The molecule has 0 atom stereocenters. The predicted octanol–water partition coefficient (Wildman–Crippen LogP) is -0.342. The minimum Gasteiger partial charge on any atom is -0.293 e. The molecule has 0 saturated carbocycles. The maximum absolute atomic E-state index is 12.5. The average molecular weight is 376 g/mol. The molecule has 0 radical (unpaired) electrons. The first-order valence-corrected chi connectivity index (χ1v) is 10.2. The summed E-state index contributed by atoms with van der Waals surface area (Å²) < 4.78 is 28.2. The van der Waals surface area contributed by atoms with Crippen LogP contribution >= 0.6 is 0 Å². The Balaban J connectivity index is 1.70. The van der Waals surface area contributed by atoms with E-state index in [1.54, 1.807) is 13.1 Å². The van der Waals surface area contributed by atoms with Gasteiger partial charge in [-0.2, -0.15) is 4.31 Å². The molecule has 0 unspecified atom stereocenters. The van der Waals surface area contributed by atoms with Crippen molar-refractivity contribution in [2.24, 2.45) is 7.05 Å². The average Bonchev–Trinajstić information content (AvgIpc) is 3.03. The number of rotatable bonds is 3. The van der Waals surface area contributed by atoms with Crippen LogP contribution in [0.15, 0.2) is 29.1 Å². The quantitative estimate of drug-likeness (QED) is 0.621. The van der Waals surface area contributed by atoms with Crippen LogP contribution in [-0.4, -0.2) is 69.2 Å². The van der Waals surface area contributed by atoms with Crippen LogP contribution in [0.1, 0.15) is 5.82 Å². The molecule has 0 aliphatic carbocycles. The molecule has 138 valence electrons. The van der Waals surface area contributed by atoms with Crippen LogP contribution in [0.3, 0.4) is 0 Å². The largest absolute Gasteiger partial charge is 0.293 e. The highest BCUT2D eigenvalue weighted by atomic mass is 32.2. The maximum Gasteiger partial charge on any atom is 0.262 e. The minimum absolute atomic E-state index is 0.103. The van der Waals surface area contributed by atoms with E-state index in [4.69, 9.17) is 0 Å². The van der Waals surface area contributed by atoms with Gasteiger partial charge in [-0.1, -0.05) is 12.1 Å². The summed E-state index contributed by atoms with van der Waals surface area (Å²) in [5.74, 6) is 1.23. The molecule has 1 saturated heterocycles. The van der Waals surface area contributed by atoms with Gasteiger partial charge in [0.25, 0.3) is 5.56 Å². The number of para-hydroxylation sites is 1. The van der Waals surface area contributed by atoms with Gasteiger partial charge in [0.2, 0.25) is 15.8 Å². The van der Waals surface area contributed by atoms with Crippen LogP contribution in [0.4, 0.5) is 0 Å². The molecule has 9 nitrogen and oxygen atoms in total. The second kappa shape index (κ2) is 6.15. The molecular formula is C16H20N6O3S. The number of hydrogen-bond donors (Lipinski definition) is 0. The molecule has 3 heterocycles. The third kappa shape index (κ3) is 2.79. The second-order valence-electron chi connectivity index (χ2n) is 6.57. The van der Waals surface area contributed by atoms with Crippen molar-refractivity contribution in [2.75, 3.05) is 32.4 Å². The first kappa shape index (κ1) is 17.1. The van der Waals surface area contributed by atoms with Crippen molar-refractivity contribution in [2.45, 2.75) is 6.54 Å². The second-order valence-corrected chi connectivity index (χ2v) is 8.55. The van der Waals surface area contributed by atoms with Gasteiger partial charge in [-0.15, -0.1) is 10.2 Å². The first-order valence-electron chi connectivity index (χ1n) is 8.35. The summed E-state index contributed by atoms with van der Waals surface area (Å²) in [6, 6.07) is 7.41. The third-order valence-corrected chi connectivity index (χ3v) is 6.16. The molecule has 0 bridgehead atoms. The molecule has 1 aromatic carbocycles. The Bertz CT molecular complexity index is 1140. The summed E-state index contributed by atoms with van der Waals surface area (Å²) in [5, 5.41) is 9.10. The van der Waals surface area contributed by atoms with E-state index in [0.717, 1.165) is 11.3 Å². The zero-order chi connectivity index (χ0) is 18.5. The topological polar surface area (TPSA) is 92.8 Å². The Morgan fingerprint density at radius 1 is 1.08 bits per heavy atom. The summed E-state index contributed by atoms with van der Waals surface area (Å²) in [4.78, 5) is 14.6. The highest BCUT2D eigenvalue weighted by Gasteiger charge is 2.25. The molecule has 10 heteroatoms. The van der Waals surface area contributed by atoms with Gasteiger partial charge in [0.05, 0.1) is 23.7 Å². The number of sulfonamides is 1. The summed E-state index contributed by atoms with van der Waals surface area (Å²) in [6.07, 6.45) is 1.24. The van der Waals surface area contributed by atoms with Crippen molar-refractivity contribution >= 4 is 26.7 Å². The van der Waals surface area contributed by atoms with Crippen LogP contribution in [0.2, 0.25) is 0 Å². The number of piperazine rings is 1. The van der Waals surface area contributed by atoms with Crippen molar-refractivity contribution in [3.63, 3.8) is 0 Å². The van der Waals surface area contributed by atoms with Crippen molar-refractivity contribution < 1.29 is 8.42 Å². The molecule has 26 heavy (non-hydrogen) atoms. The standard InChI is InChI=1S/C16H20N6O3S/c1-19-15(23)12-5-3-4-6-13(12)22-14(17-18-16(19)22)11-20-7-9-21(10-8-20)26(2,24)25/h3-6H,7-11H2,1-2H3. The molecule has 0 spiro atoms. The van der Waals surface area contributed by atoms with E-state index < -0.39 is 10.0 Å². The fourth-order valence-electron chi connectivity index (χ4n) is 3.41. The van der Waals surface area contributed by atoms with Gasteiger partial charge in [-0.25, -0.2) is 8.42 Å². The van der Waals surface area contributed by atoms with Crippen LogP contribution in [-0.2, 0) is 23.6 Å². The highest BCUT2D eigenvalue weighted by Crippen LogP contribution is 2.16. The van der Waals surface area contributed by atoms with Crippen molar-refractivity contribution in [1.82, 2.24) is 28.4 Å². The normalized spacial score (nSPS) is 17.3. The Kier molecular flexibility index (Phi) is 4.05. The summed E-state index contributed by atoms with van der Waals surface area (Å²) >= 11 is 0. The molecular weight excluding hydrogens is 356 g/mol. The van der Waals surface area contributed by atoms with E-state index in [1.807, 2.05) is 22.6 Å². The van der Waals surface area contributed by atoms with E-state index in [2.05, 4.69) is 15.1 Å². The first-order chi connectivity index (χ1) is 12.4. The van der Waals surface area contributed by atoms with E-state index in [0.29, 0.717) is 43.9 Å². The van der Waals surface area contributed by atoms with Crippen LogP contribution < -0.4 is 5.56 Å². The van der Waals surface area contributed by atoms with Gasteiger partial charge in [0.1, 0.15) is 0 Å². The maximum atomic E-state index is 12.5. The van der Waals surface area contributed by atoms with Crippen LogP contribution in [0.25, 0.3) is 16.7 Å². The number of aromatic nitrogens is 4. The number of hydrogen-bond acceptors (Lipinski definition) is 6. The Labute approximate surface area is 150 Å². The number of fused-ring (bicyclic) bond motifs is 3. The van der Waals surface area contributed by atoms with E-state index >= 15 is 0 Å². The fourth-order valence-corrected chi connectivity index (χ4v) is 4.24. The number of nitrogens with zero attached hydrogens (tertiary/aromatic N) is 6. The molecule has 3 aromatic rings. The van der Waals surface area contributed by atoms with E-state index in [-0.39, 0.29) is 5.56 Å². The molecule has 2 aromatic heterocycles. The van der Waals surface area contributed by atoms with Gasteiger partial charge in [-0.05, 0) is 12.1 Å². The number of aryl methyl sites for hydroxylation is 1. The third-order valence-electron chi connectivity index (χ3n) is 4.86. The van der Waals surface area contributed by atoms with Gasteiger partial charge < -0.3 is 0 Å². The van der Waals surface area contributed by atoms with Crippen LogP contribution in [0.5, 0.6) is 0 Å². The van der Waals surface area contributed by atoms with Crippen LogP contribution in [0, 0.1) is 0 Å². The van der Waals surface area contributed by atoms with Gasteiger partial charge >= 0.3 is 0 Å². The van der Waals surface area contributed by atoms with Gasteiger partial charge in [0, 0.05) is 33.2 Å². The Hall–Kier alpha value is -2.30. The molecule has 4 rings (SSSR count). The van der Waals surface area contributed by atoms with Crippen molar-refractivity contribution in [3.05, 3.63) is 40.4 Å². The van der Waals surface area contributed by atoms with Crippen molar-refractivity contribution in [3.8, 4) is 0 Å².